The lowest BCUT2D eigenvalue weighted by Crippen LogP contribution is -2.14. The van der Waals surface area contributed by atoms with Gasteiger partial charge in [-0.05, 0) is 12.1 Å². The van der Waals surface area contributed by atoms with Crippen molar-refractivity contribution in [1.82, 2.24) is 0 Å². The number of alkyl halides is 1. The third-order valence-electron chi connectivity index (χ3n) is 2.88. The molecule has 0 atom stereocenters. The molecule has 0 saturated carbocycles. The highest BCUT2D eigenvalue weighted by atomic mass is 79.9. The molecule has 0 aromatic heterocycles. The molecule has 0 aliphatic carbocycles. The Bertz CT molecular complexity index is 458. The molecular formula is C16H24BrNO7. The van der Waals surface area contributed by atoms with E-state index in [0.29, 0.717) is 65.2 Å². The van der Waals surface area contributed by atoms with Crippen LogP contribution in [0.25, 0.3) is 0 Å². The van der Waals surface area contributed by atoms with E-state index in [1.807, 2.05) is 0 Å². The molecule has 1 aromatic carbocycles. The van der Waals surface area contributed by atoms with Crippen molar-refractivity contribution < 1.29 is 28.6 Å². The van der Waals surface area contributed by atoms with Crippen LogP contribution in [-0.4, -0.2) is 69.7 Å². The maximum Gasteiger partial charge on any atom is 0.269 e. The number of nitro benzene ring substituents is 1. The Balaban J connectivity index is 1.85. The summed E-state index contributed by atoms with van der Waals surface area (Å²) in [6.45, 7) is 4.62. The van der Waals surface area contributed by atoms with E-state index >= 15 is 0 Å². The largest absolute Gasteiger partial charge is 0.491 e. The zero-order valence-electron chi connectivity index (χ0n) is 14.1. The molecule has 0 spiro atoms. The fourth-order valence-electron chi connectivity index (χ4n) is 1.70. The van der Waals surface area contributed by atoms with Crippen molar-refractivity contribution in [2.24, 2.45) is 0 Å². The van der Waals surface area contributed by atoms with E-state index < -0.39 is 4.92 Å². The second-order valence-electron chi connectivity index (χ2n) is 4.74. The van der Waals surface area contributed by atoms with Crippen LogP contribution >= 0.6 is 15.9 Å². The number of benzene rings is 1. The molecule has 0 aliphatic heterocycles. The fraction of sp³-hybridized carbons (Fsp3) is 0.625. The number of hydrogen-bond donors (Lipinski definition) is 0. The van der Waals surface area contributed by atoms with Crippen molar-refractivity contribution in [3.05, 3.63) is 34.4 Å². The predicted octanol–water partition coefficient (Wildman–Crippen LogP) is 2.43. The van der Waals surface area contributed by atoms with Crippen molar-refractivity contribution in [2.75, 3.05) is 64.8 Å². The number of nitro groups is 1. The van der Waals surface area contributed by atoms with Gasteiger partial charge in [-0.2, -0.15) is 0 Å². The summed E-state index contributed by atoms with van der Waals surface area (Å²) in [5.74, 6) is 0.572. The third-order valence-corrected chi connectivity index (χ3v) is 3.21. The average molecular weight is 422 g/mol. The molecule has 0 aliphatic rings. The maximum atomic E-state index is 10.5. The van der Waals surface area contributed by atoms with Crippen LogP contribution < -0.4 is 4.74 Å². The van der Waals surface area contributed by atoms with Gasteiger partial charge in [-0.3, -0.25) is 10.1 Å². The summed E-state index contributed by atoms with van der Waals surface area (Å²) in [7, 11) is 0. The molecule has 8 nitrogen and oxygen atoms in total. The van der Waals surface area contributed by atoms with Gasteiger partial charge >= 0.3 is 0 Å². The first-order valence-electron chi connectivity index (χ1n) is 7.98. The smallest absolute Gasteiger partial charge is 0.269 e. The Kier molecular flexibility index (Phi) is 13.1. The van der Waals surface area contributed by atoms with Crippen LogP contribution in [0.2, 0.25) is 0 Å². The van der Waals surface area contributed by atoms with E-state index in [-0.39, 0.29) is 5.69 Å². The number of hydrogen-bond acceptors (Lipinski definition) is 7. The van der Waals surface area contributed by atoms with Crippen LogP contribution in [-0.2, 0) is 18.9 Å². The monoisotopic (exact) mass is 421 g/mol. The summed E-state index contributed by atoms with van der Waals surface area (Å²) in [5, 5.41) is 11.4. The summed E-state index contributed by atoms with van der Waals surface area (Å²) < 4.78 is 26.7. The van der Waals surface area contributed by atoms with Gasteiger partial charge in [0, 0.05) is 17.5 Å². The molecule has 0 fully saturated rings. The molecule has 0 radical (unpaired) electrons. The van der Waals surface area contributed by atoms with E-state index in [0.717, 1.165) is 5.33 Å². The topological polar surface area (TPSA) is 89.3 Å². The Morgan fingerprint density at radius 2 is 1.20 bits per heavy atom. The Morgan fingerprint density at radius 1 is 0.760 bits per heavy atom. The number of nitrogens with zero attached hydrogens (tertiary/aromatic N) is 1. The molecule has 142 valence electrons. The molecule has 0 saturated heterocycles. The molecule has 0 N–H and O–H groups in total. The summed E-state index contributed by atoms with van der Waals surface area (Å²) in [5.41, 5.74) is 0.0381. The van der Waals surface area contributed by atoms with Crippen molar-refractivity contribution >= 4 is 21.6 Å². The normalized spacial score (nSPS) is 10.8. The second-order valence-corrected chi connectivity index (χ2v) is 5.53. The molecule has 1 rings (SSSR count). The van der Waals surface area contributed by atoms with Gasteiger partial charge in [0.05, 0.1) is 57.8 Å². The van der Waals surface area contributed by atoms with Crippen molar-refractivity contribution in [1.29, 1.82) is 0 Å². The minimum absolute atomic E-state index is 0.0381. The first kappa shape index (κ1) is 21.8. The quantitative estimate of drug-likeness (QED) is 0.175. The highest BCUT2D eigenvalue weighted by molar-refractivity contribution is 9.09. The van der Waals surface area contributed by atoms with Gasteiger partial charge in [0.1, 0.15) is 12.4 Å². The Morgan fingerprint density at radius 3 is 1.64 bits per heavy atom. The lowest BCUT2D eigenvalue weighted by atomic mass is 10.3. The van der Waals surface area contributed by atoms with Gasteiger partial charge in [-0.25, -0.2) is 0 Å². The van der Waals surface area contributed by atoms with E-state index in [4.69, 9.17) is 23.7 Å². The summed E-state index contributed by atoms with van der Waals surface area (Å²) in [6.07, 6.45) is 0. The van der Waals surface area contributed by atoms with Crippen LogP contribution in [0.15, 0.2) is 24.3 Å². The Hall–Kier alpha value is -1.26. The van der Waals surface area contributed by atoms with Gasteiger partial charge in [0.2, 0.25) is 0 Å². The molecule has 9 heteroatoms. The second kappa shape index (κ2) is 15.0. The van der Waals surface area contributed by atoms with Crippen LogP contribution in [0.4, 0.5) is 5.69 Å². The number of halogens is 1. The number of non-ortho nitro benzene ring substituents is 1. The van der Waals surface area contributed by atoms with E-state index in [9.17, 15) is 10.1 Å². The third kappa shape index (κ3) is 11.8. The first-order valence-corrected chi connectivity index (χ1v) is 9.10. The van der Waals surface area contributed by atoms with Gasteiger partial charge < -0.3 is 23.7 Å². The van der Waals surface area contributed by atoms with Gasteiger partial charge in [0.15, 0.2) is 0 Å². The lowest BCUT2D eigenvalue weighted by Gasteiger charge is -2.08. The zero-order valence-corrected chi connectivity index (χ0v) is 15.6. The van der Waals surface area contributed by atoms with E-state index in [1.165, 1.54) is 12.1 Å². The highest BCUT2D eigenvalue weighted by Crippen LogP contribution is 2.16. The summed E-state index contributed by atoms with van der Waals surface area (Å²) >= 11 is 3.27. The average Bonchev–Trinajstić information content (AvgIpc) is 2.62. The van der Waals surface area contributed by atoms with Crippen LogP contribution in [0.1, 0.15) is 0 Å². The Labute approximate surface area is 155 Å². The van der Waals surface area contributed by atoms with Crippen molar-refractivity contribution in [3.63, 3.8) is 0 Å². The van der Waals surface area contributed by atoms with Gasteiger partial charge in [-0.15, -0.1) is 0 Å². The first-order chi connectivity index (χ1) is 12.2. The van der Waals surface area contributed by atoms with Gasteiger partial charge in [-0.1, -0.05) is 15.9 Å². The maximum absolute atomic E-state index is 10.5. The molecule has 0 unspecified atom stereocenters. The summed E-state index contributed by atoms with van der Waals surface area (Å²) in [6, 6.07) is 5.93. The van der Waals surface area contributed by atoms with Crippen molar-refractivity contribution in [2.45, 2.75) is 0 Å². The van der Waals surface area contributed by atoms with Crippen molar-refractivity contribution in [3.8, 4) is 5.75 Å². The predicted molar refractivity (Wildman–Crippen MR) is 95.7 cm³/mol. The van der Waals surface area contributed by atoms with Gasteiger partial charge in [0.25, 0.3) is 5.69 Å². The van der Waals surface area contributed by atoms with Crippen LogP contribution in [0, 0.1) is 10.1 Å². The molecule has 0 amide bonds. The lowest BCUT2D eigenvalue weighted by molar-refractivity contribution is -0.384. The fourth-order valence-corrected chi connectivity index (χ4v) is 1.93. The molecule has 1 aromatic rings. The SMILES string of the molecule is O=[N+]([O-])c1ccc(OCCOCCOCCOCCOCCBr)cc1. The van der Waals surface area contributed by atoms with Crippen LogP contribution in [0.3, 0.4) is 0 Å². The summed E-state index contributed by atoms with van der Waals surface area (Å²) in [4.78, 5) is 10.1. The zero-order chi connectivity index (χ0) is 18.2. The number of rotatable bonds is 16. The van der Waals surface area contributed by atoms with Crippen LogP contribution in [0.5, 0.6) is 5.75 Å². The molecule has 0 heterocycles. The molecule has 0 bridgehead atoms. The minimum Gasteiger partial charge on any atom is -0.491 e. The minimum atomic E-state index is -0.448. The number of ether oxygens (including phenoxy) is 5. The standard InChI is InChI=1S/C16H24BrNO7/c17-5-6-21-7-8-22-9-10-23-11-12-24-13-14-25-16-3-1-15(2-4-16)18(19)20/h1-4H,5-14H2. The highest BCUT2D eigenvalue weighted by Gasteiger charge is 2.04. The van der Waals surface area contributed by atoms with E-state index in [1.54, 1.807) is 12.1 Å². The van der Waals surface area contributed by atoms with E-state index in [2.05, 4.69) is 15.9 Å². The molecule has 25 heavy (non-hydrogen) atoms. The molecular weight excluding hydrogens is 398 g/mol.